The number of benzene rings is 1. The van der Waals surface area contributed by atoms with E-state index >= 15 is 0 Å². The van der Waals surface area contributed by atoms with Crippen LogP contribution in [0.25, 0.3) is 0 Å². The summed E-state index contributed by atoms with van der Waals surface area (Å²) in [6, 6.07) is 5.25. The third-order valence-corrected chi connectivity index (χ3v) is 4.19. The quantitative estimate of drug-likeness (QED) is 0.882. The summed E-state index contributed by atoms with van der Waals surface area (Å²) in [5, 5.41) is 1.89. The molecule has 1 unspecified atom stereocenters. The number of rotatable bonds is 3. The molecule has 0 aliphatic rings. The van der Waals surface area contributed by atoms with Crippen LogP contribution in [0.5, 0.6) is 0 Å². The van der Waals surface area contributed by atoms with Crippen LogP contribution in [-0.4, -0.2) is 17.9 Å². The molecule has 2 aromatic rings. The molecule has 0 saturated heterocycles. The number of carbonyl (C=O) groups is 1. The highest BCUT2D eigenvalue weighted by atomic mass is 32.1. The van der Waals surface area contributed by atoms with Crippen molar-refractivity contribution in [3.05, 3.63) is 51.7 Å². The molecule has 1 atom stereocenters. The van der Waals surface area contributed by atoms with Gasteiger partial charge in [0.2, 0.25) is 0 Å². The zero-order chi connectivity index (χ0) is 14.9. The summed E-state index contributed by atoms with van der Waals surface area (Å²) in [5.41, 5.74) is 4.62. The zero-order valence-corrected chi connectivity index (χ0v) is 11.9. The number of nitrogens with two attached hydrogens (primary N) is 1. The van der Waals surface area contributed by atoms with Crippen LogP contribution in [0.1, 0.15) is 28.2 Å². The number of halogens is 2. The fourth-order valence-electron chi connectivity index (χ4n) is 1.85. The smallest absolute Gasteiger partial charge is 0.257 e. The van der Waals surface area contributed by atoms with E-state index in [2.05, 4.69) is 0 Å². The fraction of sp³-hybridized carbons (Fsp3) is 0.214. The summed E-state index contributed by atoms with van der Waals surface area (Å²) in [6.45, 7) is 1.82. The minimum absolute atomic E-state index is 0.230. The van der Waals surface area contributed by atoms with Gasteiger partial charge in [0.05, 0.1) is 17.3 Å². The predicted octanol–water partition coefficient (Wildman–Crippen LogP) is 3.44. The molecule has 0 aliphatic carbocycles. The van der Waals surface area contributed by atoms with Gasteiger partial charge in [0.15, 0.2) is 5.82 Å². The maximum Gasteiger partial charge on any atom is 0.257 e. The highest BCUT2D eigenvalue weighted by molar-refractivity contribution is 7.10. The summed E-state index contributed by atoms with van der Waals surface area (Å²) in [4.78, 5) is 14.6. The minimum atomic E-state index is -0.887. The fourth-order valence-corrected chi connectivity index (χ4v) is 2.68. The Labute approximate surface area is 119 Å². The van der Waals surface area contributed by atoms with E-state index in [1.165, 1.54) is 16.2 Å². The van der Waals surface area contributed by atoms with Crippen molar-refractivity contribution in [2.24, 2.45) is 0 Å². The summed E-state index contributed by atoms with van der Waals surface area (Å²) < 4.78 is 27.2. The summed E-state index contributed by atoms with van der Waals surface area (Å²) >= 11 is 1.50. The van der Waals surface area contributed by atoms with E-state index in [4.69, 9.17) is 5.73 Å². The van der Waals surface area contributed by atoms with E-state index < -0.39 is 17.5 Å². The molecule has 0 spiro atoms. The Bertz CT molecular complexity index is 628. The van der Waals surface area contributed by atoms with Crippen molar-refractivity contribution in [3.8, 4) is 0 Å². The van der Waals surface area contributed by atoms with E-state index in [9.17, 15) is 13.6 Å². The lowest BCUT2D eigenvalue weighted by molar-refractivity contribution is 0.0740. The highest BCUT2D eigenvalue weighted by Crippen LogP contribution is 2.26. The molecular weight excluding hydrogens is 282 g/mol. The molecule has 0 radical (unpaired) electrons. The number of hydrogen-bond acceptors (Lipinski definition) is 3. The molecule has 0 saturated carbocycles. The van der Waals surface area contributed by atoms with E-state index in [0.29, 0.717) is 0 Å². The van der Waals surface area contributed by atoms with Crippen LogP contribution >= 0.6 is 11.3 Å². The van der Waals surface area contributed by atoms with Crippen molar-refractivity contribution < 1.29 is 13.6 Å². The maximum absolute atomic E-state index is 13.9. The lowest BCUT2D eigenvalue weighted by Gasteiger charge is -2.24. The Morgan fingerprint density at radius 1 is 1.40 bits per heavy atom. The Morgan fingerprint density at radius 2 is 2.10 bits per heavy atom. The Hall–Kier alpha value is -1.95. The molecule has 0 aliphatic heterocycles. The van der Waals surface area contributed by atoms with E-state index in [0.717, 1.165) is 17.0 Å². The van der Waals surface area contributed by atoms with Gasteiger partial charge in [-0.3, -0.25) is 4.79 Å². The number of nitrogen functional groups attached to an aromatic ring is 1. The molecule has 106 valence electrons. The van der Waals surface area contributed by atoms with Crippen molar-refractivity contribution in [2.45, 2.75) is 13.0 Å². The van der Waals surface area contributed by atoms with Gasteiger partial charge < -0.3 is 10.6 Å². The zero-order valence-electron chi connectivity index (χ0n) is 11.1. The number of anilines is 1. The van der Waals surface area contributed by atoms with Crippen LogP contribution in [-0.2, 0) is 0 Å². The number of amides is 1. The van der Waals surface area contributed by atoms with Crippen LogP contribution in [0.3, 0.4) is 0 Å². The van der Waals surface area contributed by atoms with Crippen molar-refractivity contribution in [2.75, 3.05) is 12.8 Å². The number of hydrogen-bond donors (Lipinski definition) is 1. The lowest BCUT2D eigenvalue weighted by Crippen LogP contribution is -2.30. The Balaban J connectivity index is 2.32. The van der Waals surface area contributed by atoms with Crippen molar-refractivity contribution in [1.29, 1.82) is 0 Å². The molecule has 2 rings (SSSR count). The summed E-state index contributed by atoms with van der Waals surface area (Å²) in [7, 11) is 1.55. The van der Waals surface area contributed by atoms with E-state index in [1.54, 1.807) is 7.05 Å². The van der Waals surface area contributed by atoms with Gasteiger partial charge in [-0.05, 0) is 30.5 Å². The molecule has 0 bridgehead atoms. The first-order chi connectivity index (χ1) is 9.41. The third kappa shape index (κ3) is 2.65. The lowest BCUT2D eigenvalue weighted by atomic mass is 10.1. The van der Waals surface area contributed by atoms with Gasteiger partial charge in [-0.1, -0.05) is 6.07 Å². The summed E-state index contributed by atoms with van der Waals surface area (Å²) in [5.74, 6) is -2.22. The first-order valence-electron chi connectivity index (χ1n) is 5.97. The molecular formula is C14H14F2N2OS. The van der Waals surface area contributed by atoms with Gasteiger partial charge in [-0.2, -0.15) is 0 Å². The van der Waals surface area contributed by atoms with Gasteiger partial charge in [0.25, 0.3) is 5.91 Å². The second-order valence-electron chi connectivity index (χ2n) is 4.46. The van der Waals surface area contributed by atoms with Gasteiger partial charge in [0.1, 0.15) is 5.82 Å². The van der Waals surface area contributed by atoms with Crippen LogP contribution < -0.4 is 5.73 Å². The number of nitrogens with zero attached hydrogens (tertiary/aromatic N) is 1. The van der Waals surface area contributed by atoms with Crippen molar-refractivity contribution >= 4 is 22.9 Å². The summed E-state index contributed by atoms with van der Waals surface area (Å²) in [6.07, 6.45) is 0. The van der Waals surface area contributed by atoms with Crippen molar-refractivity contribution in [1.82, 2.24) is 4.90 Å². The van der Waals surface area contributed by atoms with E-state index in [-0.39, 0.29) is 17.3 Å². The molecule has 1 amide bonds. The van der Waals surface area contributed by atoms with Gasteiger partial charge >= 0.3 is 0 Å². The third-order valence-electron chi connectivity index (χ3n) is 3.15. The molecule has 20 heavy (non-hydrogen) atoms. The molecule has 1 aromatic heterocycles. The number of carbonyl (C=O) groups excluding carboxylic acids is 1. The van der Waals surface area contributed by atoms with Crippen LogP contribution in [0.2, 0.25) is 0 Å². The monoisotopic (exact) mass is 296 g/mol. The van der Waals surface area contributed by atoms with Crippen LogP contribution in [0, 0.1) is 11.6 Å². The average molecular weight is 296 g/mol. The number of thiophene rings is 1. The second-order valence-corrected chi connectivity index (χ2v) is 5.44. The first kappa shape index (κ1) is 14.5. The first-order valence-corrected chi connectivity index (χ1v) is 6.85. The predicted molar refractivity (Wildman–Crippen MR) is 75.6 cm³/mol. The second kappa shape index (κ2) is 5.58. The maximum atomic E-state index is 13.9. The molecule has 2 N–H and O–H groups in total. The van der Waals surface area contributed by atoms with Gasteiger partial charge in [-0.25, -0.2) is 8.78 Å². The van der Waals surface area contributed by atoms with E-state index in [1.807, 2.05) is 24.4 Å². The van der Waals surface area contributed by atoms with Crippen molar-refractivity contribution in [3.63, 3.8) is 0 Å². The SMILES string of the molecule is CC(c1cccs1)N(C)C(=O)c1cc(F)cc(N)c1F. The van der Waals surface area contributed by atoms with Gasteiger partial charge in [-0.15, -0.1) is 11.3 Å². The largest absolute Gasteiger partial charge is 0.396 e. The Kier molecular flexibility index (Phi) is 4.04. The Morgan fingerprint density at radius 3 is 2.70 bits per heavy atom. The highest BCUT2D eigenvalue weighted by Gasteiger charge is 2.23. The topological polar surface area (TPSA) is 46.3 Å². The molecule has 1 aromatic carbocycles. The standard InChI is InChI=1S/C14H14F2N2OS/c1-8(12-4-3-5-20-12)18(2)14(19)10-6-9(15)7-11(17)13(10)16/h3-8H,17H2,1-2H3. The molecule has 6 heteroatoms. The molecule has 0 fully saturated rings. The average Bonchev–Trinajstić information content (AvgIpc) is 2.94. The van der Waals surface area contributed by atoms with Gasteiger partial charge in [0, 0.05) is 11.9 Å². The minimum Gasteiger partial charge on any atom is -0.396 e. The van der Waals surface area contributed by atoms with Crippen LogP contribution in [0.15, 0.2) is 29.6 Å². The normalized spacial score (nSPS) is 12.2. The molecule has 1 heterocycles. The molecule has 3 nitrogen and oxygen atoms in total. The van der Waals surface area contributed by atoms with Crippen LogP contribution in [0.4, 0.5) is 14.5 Å².